The van der Waals surface area contributed by atoms with Gasteiger partial charge in [0, 0.05) is 11.6 Å². The van der Waals surface area contributed by atoms with Crippen molar-refractivity contribution in [2.45, 2.75) is 20.8 Å². The number of rotatable bonds is 5. The van der Waals surface area contributed by atoms with Gasteiger partial charge in [-0.15, -0.1) is 0 Å². The summed E-state index contributed by atoms with van der Waals surface area (Å²) >= 11 is 0. The molecule has 0 amide bonds. The molecule has 0 aromatic heterocycles. The molecule has 0 unspecified atom stereocenters. The normalized spacial score (nSPS) is 11.5. The molecule has 0 aliphatic rings. The lowest BCUT2D eigenvalue weighted by Crippen LogP contribution is -2.21. The molecule has 98 valence electrons. The van der Waals surface area contributed by atoms with Crippen molar-refractivity contribution in [3.8, 4) is 12.1 Å². The molecule has 5 nitrogen and oxygen atoms in total. The van der Waals surface area contributed by atoms with Crippen molar-refractivity contribution in [1.29, 1.82) is 10.5 Å². The Hall–Kier alpha value is -2.58. The number of carbonyl (C=O) groups excluding carboxylic acids is 1. The molecular weight excluding hydrogens is 240 g/mol. The molecule has 0 fully saturated rings. The fraction of sp³-hybridized carbons (Fsp3) is 0.429. The van der Waals surface area contributed by atoms with Crippen molar-refractivity contribution in [1.82, 2.24) is 4.90 Å². The van der Waals surface area contributed by atoms with Crippen LogP contribution in [0.25, 0.3) is 4.85 Å². The van der Waals surface area contributed by atoms with Crippen molar-refractivity contribution in [3.05, 3.63) is 35.3 Å². The molecule has 0 spiro atoms. The van der Waals surface area contributed by atoms with E-state index in [0.29, 0.717) is 0 Å². The van der Waals surface area contributed by atoms with Crippen molar-refractivity contribution in [3.63, 3.8) is 0 Å². The van der Waals surface area contributed by atoms with Crippen LogP contribution in [0.4, 0.5) is 0 Å². The van der Waals surface area contributed by atoms with Gasteiger partial charge in [-0.1, -0.05) is 20.8 Å². The van der Waals surface area contributed by atoms with Crippen LogP contribution in [0.1, 0.15) is 20.8 Å². The van der Waals surface area contributed by atoms with Gasteiger partial charge in [-0.3, -0.25) is 14.5 Å². The van der Waals surface area contributed by atoms with E-state index >= 15 is 0 Å². The van der Waals surface area contributed by atoms with Crippen molar-refractivity contribution in [2.24, 2.45) is 5.41 Å². The minimum atomic E-state index is -0.613. The van der Waals surface area contributed by atoms with E-state index in [1.165, 1.54) is 23.3 Å². The first-order valence-electron chi connectivity index (χ1n) is 5.64. The minimum Gasteiger partial charge on any atom is -0.299 e. The zero-order chi connectivity index (χ0) is 14.9. The number of hydrogen-bond donors (Lipinski definition) is 0. The van der Waals surface area contributed by atoms with E-state index in [4.69, 9.17) is 17.1 Å². The lowest BCUT2D eigenvalue weighted by atomic mass is 9.86. The molecule has 0 saturated carbocycles. The van der Waals surface area contributed by atoms with Gasteiger partial charge in [0.05, 0.1) is 11.6 Å². The first kappa shape index (κ1) is 16.4. The molecule has 0 bridgehead atoms. The van der Waals surface area contributed by atoms with Crippen molar-refractivity contribution < 1.29 is 4.79 Å². The summed E-state index contributed by atoms with van der Waals surface area (Å²) < 4.78 is 0. The Kier molecular flexibility index (Phi) is 6.65. The number of Topliss-reactive ketones (excluding diaryl/α,β-unsaturated/α-hetero) is 1. The van der Waals surface area contributed by atoms with E-state index in [1.54, 1.807) is 20.8 Å². The smallest absolute Gasteiger partial charge is 0.289 e. The van der Waals surface area contributed by atoms with E-state index in [-0.39, 0.29) is 24.6 Å². The second-order valence-electron chi connectivity index (χ2n) is 4.82. The molecule has 19 heavy (non-hydrogen) atoms. The molecule has 0 rings (SSSR count). The van der Waals surface area contributed by atoms with E-state index in [0.717, 1.165) is 0 Å². The highest BCUT2D eigenvalue weighted by Crippen LogP contribution is 2.19. The number of hydrogen-bond acceptors (Lipinski definition) is 4. The second kappa shape index (κ2) is 7.69. The number of carbonyl (C=O) groups is 1. The Morgan fingerprint density at radius 1 is 1.42 bits per heavy atom. The van der Waals surface area contributed by atoms with Gasteiger partial charge in [-0.2, -0.15) is 10.5 Å². The first-order valence-corrected chi connectivity index (χ1v) is 5.64. The lowest BCUT2D eigenvalue weighted by Gasteiger charge is -2.15. The average Bonchev–Trinajstić information content (AvgIpc) is 2.33. The maximum atomic E-state index is 11.9. The van der Waals surface area contributed by atoms with Crippen LogP contribution < -0.4 is 0 Å². The zero-order valence-electron chi connectivity index (χ0n) is 11.3. The minimum absolute atomic E-state index is 0.0588. The third kappa shape index (κ3) is 6.05. The number of allylic oxidation sites excluding steroid dienone is 3. The number of nitrogens with zero attached hydrogens (tertiary/aromatic N) is 4. The highest BCUT2D eigenvalue weighted by atomic mass is 16.1. The monoisotopic (exact) mass is 256 g/mol. The molecule has 0 aromatic rings. The number of nitriles is 2. The van der Waals surface area contributed by atoms with Gasteiger partial charge in [0.25, 0.3) is 6.67 Å². The summed E-state index contributed by atoms with van der Waals surface area (Å²) in [6.07, 6.45) is 4.43. The summed E-state index contributed by atoms with van der Waals surface area (Å²) in [6.45, 7) is 12.1. The molecule has 0 aliphatic heterocycles. The molecule has 0 aliphatic carbocycles. The van der Waals surface area contributed by atoms with E-state index in [1.807, 2.05) is 12.1 Å². The molecule has 0 heterocycles. The van der Waals surface area contributed by atoms with Gasteiger partial charge < -0.3 is 0 Å². The standard InChI is InChI=1S/C14H16N4O/c1-14(2,3)13(19)12(10-16)6-5-8-18(9-7-15)11-17-4/h5-6,8H,9,11H2,1-3H3/b8-5+,12-6+. The predicted octanol–water partition coefficient (Wildman–Crippen LogP) is 2.27. The summed E-state index contributed by atoms with van der Waals surface area (Å²) in [5.74, 6) is -0.239. The molecule has 0 radical (unpaired) electrons. The van der Waals surface area contributed by atoms with Crippen molar-refractivity contribution >= 4 is 5.78 Å². The third-order valence-electron chi connectivity index (χ3n) is 2.13. The topological polar surface area (TPSA) is 72.2 Å². The Bertz CT molecular complexity index is 488. The van der Waals surface area contributed by atoms with Gasteiger partial charge in [-0.05, 0) is 12.2 Å². The fourth-order valence-corrected chi connectivity index (χ4v) is 1.16. The van der Waals surface area contributed by atoms with Crippen LogP contribution in [0, 0.1) is 34.6 Å². The van der Waals surface area contributed by atoms with E-state index in [2.05, 4.69) is 4.85 Å². The van der Waals surface area contributed by atoms with Crippen LogP contribution >= 0.6 is 0 Å². The SMILES string of the molecule is [C-]#[N+]CN(/C=C/C=C(\C#N)C(=O)C(C)(C)C)CC#N. The fourth-order valence-electron chi connectivity index (χ4n) is 1.16. The second-order valence-corrected chi connectivity index (χ2v) is 4.82. The molecule has 0 saturated heterocycles. The summed E-state index contributed by atoms with van der Waals surface area (Å²) in [5.41, 5.74) is -0.554. The van der Waals surface area contributed by atoms with Crippen LogP contribution in [0.15, 0.2) is 23.9 Å². The quantitative estimate of drug-likeness (QED) is 0.249. The van der Waals surface area contributed by atoms with Crippen LogP contribution in [0.2, 0.25) is 0 Å². The van der Waals surface area contributed by atoms with Crippen molar-refractivity contribution in [2.75, 3.05) is 13.2 Å². The molecule has 5 heteroatoms. The van der Waals surface area contributed by atoms with Gasteiger partial charge in [0.1, 0.15) is 12.6 Å². The van der Waals surface area contributed by atoms with Gasteiger partial charge in [0.2, 0.25) is 0 Å². The van der Waals surface area contributed by atoms with Gasteiger partial charge in [-0.25, -0.2) is 6.57 Å². The maximum absolute atomic E-state index is 11.9. The molecule has 0 atom stereocenters. The van der Waals surface area contributed by atoms with Gasteiger partial charge >= 0.3 is 0 Å². The van der Waals surface area contributed by atoms with Gasteiger partial charge in [0.15, 0.2) is 5.78 Å². The Balaban J connectivity index is 4.94. The van der Waals surface area contributed by atoms with Crippen LogP contribution in [-0.2, 0) is 4.79 Å². The average molecular weight is 256 g/mol. The summed E-state index contributed by atoms with van der Waals surface area (Å²) in [5, 5.41) is 17.5. The summed E-state index contributed by atoms with van der Waals surface area (Å²) in [4.78, 5) is 16.5. The molecular formula is C14H16N4O. The number of ketones is 1. The largest absolute Gasteiger partial charge is 0.299 e. The Morgan fingerprint density at radius 3 is 2.47 bits per heavy atom. The van der Waals surface area contributed by atoms with Crippen LogP contribution in [0.3, 0.4) is 0 Å². The Labute approximate surface area is 113 Å². The van der Waals surface area contributed by atoms with E-state index in [9.17, 15) is 4.79 Å². The summed E-state index contributed by atoms with van der Waals surface area (Å²) in [6, 6.07) is 3.79. The van der Waals surface area contributed by atoms with Crippen LogP contribution in [0.5, 0.6) is 0 Å². The predicted molar refractivity (Wildman–Crippen MR) is 71.1 cm³/mol. The van der Waals surface area contributed by atoms with E-state index < -0.39 is 5.41 Å². The van der Waals surface area contributed by atoms with Crippen LogP contribution in [-0.4, -0.2) is 23.9 Å². The third-order valence-corrected chi connectivity index (χ3v) is 2.13. The zero-order valence-corrected chi connectivity index (χ0v) is 11.3. The molecule has 0 N–H and O–H groups in total. The maximum Gasteiger partial charge on any atom is 0.289 e. The Morgan fingerprint density at radius 2 is 2.05 bits per heavy atom. The highest BCUT2D eigenvalue weighted by Gasteiger charge is 2.24. The first-order chi connectivity index (χ1) is 8.86. The molecule has 0 aromatic carbocycles. The lowest BCUT2D eigenvalue weighted by molar-refractivity contribution is -0.122. The highest BCUT2D eigenvalue weighted by molar-refractivity contribution is 6.02. The summed E-state index contributed by atoms with van der Waals surface area (Å²) in [7, 11) is 0.